The van der Waals surface area contributed by atoms with Crippen LogP contribution in [-0.2, 0) is 6.54 Å². The molecule has 1 amide bonds. The zero-order chi connectivity index (χ0) is 21.5. The number of amides is 1. The Bertz CT molecular complexity index is 1390. The van der Waals surface area contributed by atoms with Crippen LogP contribution in [0.15, 0.2) is 65.1 Å². The van der Waals surface area contributed by atoms with Crippen molar-refractivity contribution in [3.63, 3.8) is 0 Å². The van der Waals surface area contributed by atoms with Crippen molar-refractivity contribution in [2.45, 2.75) is 20.4 Å². The van der Waals surface area contributed by atoms with Crippen LogP contribution in [0.4, 0.5) is 0 Å². The van der Waals surface area contributed by atoms with E-state index in [9.17, 15) is 4.79 Å². The third-order valence-electron chi connectivity index (χ3n) is 5.40. The third kappa shape index (κ3) is 3.71. The van der Waals surface area contributed by atoms with Gasteiger partial charge in [0.2, 0.25) is 5.89 Å². The van der Waals surface area contributed by atoms with E-state index >= 15 is 0 Å². The molecule has 1 N–H and O–H groups in total. The van der Waals surface area contributed by atoms with Crippen LogP contribution >= 0.6 is 22.9 Å². The van der Waals surface area contributed by atoms with Crippen molar-refractivity contribution in [1.29, 1.82) is 0 Å². The average molecular weight is 447 g/mol. The SMILES string of the molecule is Cc1cc2nc(-c3ccc(CNC(=O)c4sc5ccccc5c4Cl)cc3)oc2cc1C. The minimum atomic E-state index is -0.167. The lowest BCUT2D eigenvalue weighted by Crippen LogP contribution is -2.22. The quantitative estimate of drug-likeness (QED) is 0.326. The van der Waals surface area contributed by atoms with Gasteiger partial charge in [-0.05, 0) is 60.9 Å². The largest absolute Gasteiger partial charge is 0.436 e. The fourth-order valence-corrected chi connectivity index (χ4v) is 4.92. The Morgan fingerprint density at radius 1 is 1.06 bits per heavy atom. The molecule has 0 radical (unpaired) electrons. The first kappa shape index (κ1) is 19.8. The fourth-order valence-electron chi connectivity index (χ4n) is 3.49. The number of carbonyl (C=O) groups excluding carboxylic acids is 1. The van der Waals surface area contributed by atoms with Gasteiger partial charge in [-0.1, -0.05) is 41.9 Å². The summed E-state index contributed by atoms with van der Waals surface area (Å²) in [6, 6.07) is 19.7. The summed E-state index contributed by atoms with van der Waals surface area (Å²) >= 11 is 7.81. The van der Waals surface area contributed by atoms with Crippen molar-refractivity contribution in [3.05, 3.63) is 87.3 Å². The van der Waals surface area contributed by atoms with E-state index in [-0.39, 0.29) is 5.91 Å². The van der Waals surface area contributed by atoms with Crippen molar-refractivity contribution in [2.75, 3.05) is 0 Å². The number of hydrogen-bond acceptors (Lipinski definition) is 4. The van der Waals surface area contributed by atoms with E-state index in [4.69, 9.17) is 16.0 Å². The maximum atomic E-state index is 12.6. The number of hydrogen-bond donors (Lipinski definition) is 1. The molecule has 31 heavy (non-hydrogen) atoms. The monoisotopic (exact) mass is 446 g/mol. The van der Waals surface area contributed by atoms with Gasteiger partial charge in [0.15, 0.2) is 5.58 Å². The number of thiophene rings is 1. The number of rotatable bonds is 4. The summed E-state index contributed by atoms with van der Waals surface area (Å²) in [5.74, 6) is 0.424. The summed E-state index contributed by atoms with van der Waals surface area (Å²) in [6.07, 6.45) is 0. The molecule has 5 rings (SSSR count). The molecular formula is C25H19ClN2O2S. The summed E-state index contributed by atoms with van der Waals surface area (Å²) < 4.78 is 6.94. The van der Waals surface area contributed by atoms with Gasteiger partial charge in [-0.2, -0.15) is 0 Å². The van der Waals surface area contributed by atoms with Gasteiger partial charge in [0, 0.05) is 22.2 Å². The molecule has 0 saturated heterocycles. The molecule has 2 aromatic heterocycles. The smallest absolute Gasteiger partial charge is 0.263 e. The first-order valence-electron chi connectivity index (χ1n) is 9.92. The van der Waals surface area contributed by atoms with Crippen LogP contribution < -0.4 is 5.32 Å². The van der Waals surface area contributed by atoms with Crippen molar-refractivity contribution < 1.29 is 9.21 Å². The van der Waals surface area contributed by atoms with Crippen molar-refractivity contribution >= 4 is 50.0 Å². The molecule has 0 aliphatic rings. The van der Waals surface area contributed by atoms with Gasteiger partial charge in [-0.25, -0.2) is 4.98 Å². The number of aryl methyl sites for hydroxylation is 2. The minimum absolute atomic E-state index is 0.167. The van der Waals surface area contributed by atoms with E-state index in [1.165, 1.54) is 22.5 Å². The topological polar surface area (TPSA) is 55.1 Å². The Kier molecular flexibility index (Phi) is 5.00. The molecule has 0 atom stereocenters. The molecule has 6 heteroatoms. The summed E-state index contributed by atoms with van der Waals surface area (Å²) in [6.45, 7) is 4.54. The lowest BCUT2D eigenvalue weighted by molar-refractivity contribution is 0.0955. The molecule has 3 aromatic carbocycles. The summed E-state index contributed by atoms with van der Waals surface area (Å²) in [5, 5.41) is 4.38. The van der Waals surface area contributed by atoms with E-state index in [1.807, 2.05) is 60.7 Å². The molecule has 0 spiro atoms. The van der Waals surface area contributed by atoms with Crippen LogP contribution in [0.3, 0.4) is 0 Å². The predicted molar refractivity (Wildman–Crippen MR) is 127 cm³/mol. The standard InChI is InChI=1S/C25H19ClN2O2S/c1-14-11-19-20(12-15(14)2)30-25(28-19)17-9-7-16(8-10-17)13-27-24(29)23-22(26)18-5-3-4-6-21(18)31-23/h3-12H,13H2,1-2H3,(H,27,29). The van der Waals surface area contributed by atoms with Crippen molar-refractivity contribution in [2.24, 2.45) is 0 Å². The van der Waals surface area contributed by atoms with Crippen molar-refractivity contribution in [1.82, 2.24) is 10.3 Å². The Labute approximate surface area is 188 Å². The number of nitrogens with one attached hydrogen (secondary N) is 1. The zero-order valence-corrected chi connectivity index (χ0v) is 18.6. The molecule has 0 saturated carbocycles. The van der Waals surface area contributed by atoms with Gasteiger partial charge in [-0.15, -0.1) is 11.3 Å². The van der Waals surface area contributed by atoms with Crippen LogP contribution in [0.1, 0.15) is 26.4 Å². The zero-order valence-electron chi connectivity index (χ0n) is 17.0. The van der Waals surface area contributed by atoms with Gasteiger partial charge in [0.05, 0.1) is 5.02 Å². The molecule has 0 unspecified atom stereocenters. The van der Waals surface area contributed by atoms with Crippen LogP contribution in [-0.4, -0.2) is 10.9 Å². The van der Waals surface area contributed by atoms with Crippen LogP contribution in [0.5, 0.6) is 0 Å². The average Bonchev–Trinajstić information content (AvgIpc) is 3.34. The van der Waals surface area contributed by atoms with E-state index in [1.54, 1.807) is 0 Å². The number of carbonyl (C=O) groups is 1. The predicted octanol–water partition coefficient (Wildman–Crippen LogP) is 6.91. The highest BCUT2D eigenvalue weighted by Gasteiger charge is 2.16. The minimum Gasteiger partial charge on any atom is -0.436 e. The molecule has 5 aromatic rings. The highest BCUT2D eigenvalue weighted by Crippen LogP contribution is 2.35. The molecule has 0 aliphatic heterocycles. The van der Waals surface area contributed by atoms with E-state index < -0.39 is 0 Å². The number of halogens is 1. The van der Waals surface area contributed by atoms with Gasteiger partial charge < -0.3 is 9.73 Å². The molecule has 2 heterocycles. The number of nitrogens with zero attached hydrogens (tertiary/aromatic N) is 1. The number of benzene rings is 3. The van der Waals surface area contributed by atoms with Gasteiger partial charge in [-0.3, -0.25) is 4.79 Å². The lowest BCUT2D eigenvalue weighted by Gasteiger charge is -2.05. The Balaban J connectivity index is 1.31. The molecule has 0 fully saturated rings. The molecule has 154 valence electrons. The Morgan fingerprint density at radius 3 is 2.58 bits per heavy atom. The molecule has 0 aliphatic carbocycles. The second kappa shape index (κ2) is 7.84. The van der Waals surface area contributed by atoms with Crippen LogP contribution in [0, 0.1) is 13.8 Å². The summed E-state index contributed by atoms with van der Waals surface area (Å²) in [4.78, 5) is 17.8. The number of aromatic nitrogens is 1. The van der Waals surface area contributed by atoms with Gasteiger partial charge in [0.1, 0.15) is 10.4 Å². The van der Waals surface area contributed by atoms with Crippen LogP contribution in [0.25, 0.3) is 32.6 Å². The highest BCUT2D eigenvalue weighted by molar-refractivity contribution is 7.21. The third-order valence-corrected chi connectivity index (χ3v) is 7.07. The molecule has 0 bridgehead atoms. The van der Waals surface area contributed by atoms with E-state index in [0.29, 0.717) is 22.3 Å². The fraction of sp³-hybridized carbons (Fsp3) is 0.120. The summed E-state index contributed by atoms with van der Waals surface area (Å²) in [5.41, 5.74) is 5.90. The van der Waals surface area contributed by atoms with Gasteiger partial charge >= 0.3 is 0 Å². The first-order chi connectivity index (χ1) is 15.0. The van der Waals surface area contributed by atoms with E-state index in [0.717, 1.165) is 32.3 Å². The Morgan fingerprint density at radius 2 is 1.81 bits per heavy atom. The number of oxazole rings is 1. The second-order valence-corrected chi connectivity index (χ2v) is 8.97. The van der Waals surface area contributed by atoms with Crippen molar-refractivity contribution in [3.8, 4) is 11.5 Å². The van der Waals surface area contributed by atoms with Crippen LogP contribution in [0.2, 0.25) is 5.02 Å². The number of fused-ring (bicyclic) bond motifs is 2. The Hall–Kier alpha value is -3.15. The second-order valence-electron chi connectivity index (χ2n) is 7.54. The molecular weight excluding hydrogens is 428 g/mol. The summed E-state index contributed by atoms with van der Waals surface area (Å²) in [7, 11) is 0. The van der Waals surface area contributed by atoms with E-state index in [2.05, 4.69) is 24.1 Å². The maximum absolute atomic E-state index is 12.6. The normalized spacial score (nSPS) is 11.3. The first-order valence-corrected chi connectivity index (χ1v) is 11.1. The maximum Gasteiger partial charge on any atom is 0.263 e. The lowest BCUT2D eigenvalue weighted by atomic mass is 10.1. The molecule has 4 nitrogen and oxygen atoms in total. The van der Waals surface area contributed by atoms with Gasteiger partial charge in [0.25, 0.3) is 5.91 Å². The highest BCUT2D eigenvalue weighted by atomic mass is 35.5.